The van der Waals surface area contributed by atoms with Crippen LogP contribution in [0.1, 0.15) is 37.8 Å². The zero-order valence-electron chi connectivity index (χ0n) is 18.3. The molecule has 0 aliphatic heterocycles. The topological polar surface area (TPSA) is 87.3 Å². The lowest BCUT2D eigenvalue weighted by molar-refractivity contribution is -0.137. The van der Waals surface area contributed by atoms with Crippen LogP contribution < -0.4 is 11.1 Å². The first-order valence-electron chi connectivity index (χ1n) is 10.3. The van der Waals surface area contributed by atoms with Crippen LogP contribution >= 0.6 is 0 Å². The molecule has 1 saturated carbocycles. The van der Waals surface area contributed by atoms with E-state index >= 15 is 0 Å². The molecule has 1 heterocycles. The zero-order chi connectivity index (χ0) is 22.9. The van der Waals surface area contributed by atoms with Crippen LogP contribution in [-0.2, 0) is 10.9 Å². The van der Waals surface area contributed by atoms with Gasteiger partial charge in [0.15, 0.2) is 0 Å². The highest BCUT2D eigenvalue weighted by molar-refractivity contribution is 6.07. The van der Waals surface area contributed by atoms with E-state index in [0.29, 0.717) is 18.6 Å². The third-order valence-electron chi connectivity index (χ3n) is 5.82. The van der Waals surface area contributed by atoms with Crippen molar-refractivity contribution < 1.29 is 17.9 Å². The number of rotatable bonds is 9. The van der Waals surface area contributed by atoms with Crippen molar-refractivity contribution in [3.05, 3.63) is 46.3 Å². The molecule has 3 rings (SSSR count). The number of nitrogen functional groups attached to an aromatic ring is 1. The molecule has 4 N–H and O–H groups in total. The molecule has 1 fully saturated rings. The number of fused-ring (bicyclic) bond motifs is 1. The second-order valence-electron chi connectivity index (χ2n) is 8.48. The summed E-state index contributed by atoms with van der Waals surface area (Å²) >= 11 is 0. The van der Waals surface area contributed by atoms with Crippen LogP contribution in [-0.4, -0.2) is 55.0 Å². The molecule has 0 bridgehead atoms. The van der Waals surface area contributed by atoms with Crippen molar-refractivity contribution >= 4 is 11.5 Å². The van der Waals surface area contributed by atoms with E-state index in [0.717, 1.165) is 31.1 Å². The molecule has 0 spiro atoms. The van der Waals surface area contributed by atoms with E-state index in [1.54, 1.807) is 13.2 Å². The Hall–Kier alpha value is -2.39. The maximum Gasteiger partial charge on any atom is 0.419 e. The average Bonchev–Trinajstić information content (AvgIpc) is 3.17. The predicted molar refractivity (Wildman–Crippen MR) is 115 cm³/mol. The minimum atomic E-state index is -4.61. The number of halogens is 3. The first-order valence-corrected chi connectivity index (χ1v) is 10.3. The second-order valence-corrected chi connectivity index (χ2v) is 8.48. The molecule has 2 aliphatic rings. The predicted octanol–water partition coefficient (Wildman–Crippen LogP) is 3.60. The molecular formula is C22H30F3N5O. The lowest BCUT2D eigenvalue weighted by Crippen LogP contribution is -2.33. The number of anilines is 1. The van der Waals surface area contributed by atoms with Gasteiger partial charge in [-0.3, -0.25) is 0 Å². The summed E-state index contributed by atoms with van der Waals surface area (Å²) in [6.45, 7) is 5.56. The van der Waals surface area contributed by atoms with Crippen molar-refractivity contribution in [2.45, 2.75) is 44.9 Å². The molecule has 9 heteroatoms. The van der Waals surface area contributed by atoms with Crippen molar-refractivity contribution in [2.75, 3.05) is 33.0 Å². The minimum Gasteiger partial charge on any atom is -0.383 e. The van der Waals surface area contributed by atoms with E-state index in [2.05, 4.69) is 22.2 Å². The monoisotopic (exact) mass is 437 g/mol. The fourth-order valence-electron chi connectivity index (χ4n) is 4.14. The van der Waals surface area contributed by atoms with Gasteiger partial charge in [-0.25, -0.2) is 4.98 Å². The van der Waals surface area contributed by atoms with Gasteiger partial charge < -0.3 is 26.1 Å². The van der Waals surface area contributed by atoms with Gasteiger partial charge in [-0.15, -0.1) is 0 Å². The van der Waals surface area contributed by atoms with Crippen LogP contribution in [0.5, 0.6) is 0 Å². The fourth-order valence-corrected chi connectivity index (χ4v) is 4.14. The van der Waals surface area contributed by atoms with Gasteiger partial charge in [0.1, 0.15) is 5.82 Å². The van der Waals surface area contributed by atoms with Crippen LogP contribution in [0.2, 0.25) is 0 Å². The lowest BCUT2D eigenvalue weighted by atomic mass is 10.0. The van der Waals surface area contributed by atoms with E-state index in [9.17, 15) is 13.2 Å². The lowest BCUT2D eigenvalue weighted by Gasteiger charge is -2.25. The van der Waals surface area contributed by atoms with Gasteiger partial charge in [-0.05, 0) is 51.5 Å². The number of allylic oxidation sites excluding steroid dienone is 2. The van der Waals surface area contributed by atoms with Crippen LogP contribution in [0.3, 0.4) is 0 Å². The summed E-state index contributed by atoms with van der Waals surface area (Å²) < 4.78 is 44.6. The molecule has 1 aromatic rings. The van der Waals surface area contributed by atoms with Crippen molar-refractivity contribution in [1.82, 2.24) is 15.2 Å². The van der Waals surface area contributed by atoms with Crippen LogP contribution in [0.15, 0.2) is 35.2 Å². The second kappa shape index (κ2) is 9.00. The number of pyridine rings is 1. The Morgan fingerprint density at radius 1 is 1.45 bits per heavy atom. The van der Waals surface area contributed by atoms with Gasteiger partial charge in [-0.2, -0.15) is 13.2 Å². The van der Waals surface area contributed by atoms with E-state index in [1.165, 1.54) is 17.3 Å². The molecule has 31 heavy (non-hydrogen) atoms. The summed E-state index contributed by atoms with van der Waals surface area (Å²) in [5.41, 5.74) is 7.78. The van der Waals surface area contributed by atoms with Gasteiger partial charge in [0.05, 0.1) is 17.9 Å². The Bertz CT molecular complexity index is 907. The summed E-state index contributed by atoms with van der Waals surface area (Å²) in [6, 6.07) is 1.48. The number of nitrogens with two attached hydrogens (primary N) is 1. The smallest absolute Gasteiger partial charge is 0.383 e. The Labute approximate surface area is 180 Å². The summed E-state index contributed by atoms with van der Waals surface area (Å²) in [6.07, 6.45) is 0.182. The number of nitrogens with zero attached hydrogens (tertiary/aromatic N) is 2. The molecule has 170 valence electrons. The molecule has 0 aromatic carbocycles. The Morgan fingerprint density at radius 3 is 2.71 bits per heavy atom. The highest BCUT2D eigenvalue weighted by Crippen LogP contribution is 2.55. The van der Waals surface area contributed by atoms with Crippen molar-refractivity contribution in [3.8, 4) is 0 Å². The van der Waals surface area contributed by atoms with Gasteiger partial charge in [0, 0.05) is 49.1 Å². The summed E-state index contributed by atoms with van der Waals surface area (Å²) in [5.74, 6) is -0.213. The zero-order valence-corrected chi connectivity index (χ0v) is 18.3. The highest BCUT2D eigenvalue weighted by atomic mass is 19.4. The number of methoxy groups -OCH3 is 1. The fraction of sp³-hybridized carbons (Fsp3) is 0.545. The molecule has 2 atom stereocenters. The summed E-state index contributed by atoms with van der Waals surface area (Å²) in [5, 5.41) is 11.7. The van der Waals surface area contributed by atoms with E-state index in [4.69, 9.17) is 15.9 Å². The number of likely N-dealkylation sites (N-methyl/N-ethyl adjacent to an activating group) is 1. The maximum atomic E-state index is 13.2. The molecule has 1 aromatic heterocycles. The number of hydrogen-bond acceptors (Lipinski definition) is 6. The van der Waals surface area contributed by atoms with Crippen molar-refractivity contribution in [3.63, 3.8) is 0 Å². The number of hydrogen-bond donors (Lipinski definition) is 3. The highest BCUT2D eigenvalue weighted by Gasteiger charge is 2.47. The van der Waals surface area contributed by atoms with E-state index in [1.807, 2.05) is 13.8 Å². The van der Waals surface area contributed by atoms with E-state index in [-0.39, 0.29) is 17.3 Å². The first-order chi connectivity index (χ1) is 14.5. The molecule has 0 unspecified atom stereocenters. The largest absolute Gasteiger partial charge is 0.419 e. The van der Waals surface area contributed by atoms with Gasteiger partial charge in [-0.1, -0.05) is 5.57 Å². The molecule has 0 saturated heterocycles. The average molecular weight is 438 g/mol. The molecule has 0 radical (unpaired) electrons. The SMILES string of the molecule is COCCN(C)[C@@H]1CC2=C(/C(=C/C(=N)c3cnc(N)c(C(F)(F)F)c3)NC(C)C)[C@@H]2C1. The van der Waals surface area contributed by atoms with Crippen LogP contribution in [0, 0.1) is 11.3 Å². The van der Waals surface area contributed by atoms with Crippen LogP contribution in [0.25, 0.3) is 0 Å². The number of nitrogens with one attached hydrogen (secondary N) is 2. The Kier molecular flexibility index (Phi) is 6.76. The van der Waals surface area contributed by atoms with Gasteiger partial charge >= 0.3 is 6.18 Å². The Morgan fingerprint density at radius 2 is 2.16 bits per heavy atom. The standard InChI is InChI=1S/C22H30F3N5O/c1-12(2)29-19(20-15-8-14(9-16(15)20)30(3)5-6-31-4)10-18(26)13-7-17(22(23,24)25)21(27)28-11-13/h7,10-12,14-15,26,29H,5-6,8-9H2,1-4H3,(H2,27,28)/b19-10-,26-18?/t14-,15+/m0/s1. The molecular weight excluding hydrogens is 407 g/mol. The number of aromatic nitrogens is 1. The van der Waals surface area contributed by atoms with Crippen LogP contribution in [0.4, 0.5) is 19.0 Å². The normalized spacial score (nSPS) is 21.1. The van der Waals surface area contributed by atoms with Gasteiger partial charge in [0.2, 0.25) is 0 Å². The first kappa shape index (κ1) is 23.3. The minimum absolute atomic E-state index is 0.0343. The molecule has 6 nitrogen and oxygen atoms in total. The maximum absolute atomic E-state index is 13.2. The third-order valence-corrected chi connectivity index (χ3v) is 5.82. The Balaban J connectivity index is 1.80. The van der Waals surface area contributed by atoms with Crippen molar-refractivity contribution in [1.29, 1.82) is 5.41 Å². The number of ether oxygens (including phenoxy) is 1. The van der Waals surface area contributed by atoms with Crippen molar-refractivity contribution in [2.24, 2.45) is 5.92 Å². The van der Waals surface area contributed by atoms with E-state index < -0.39 is 17.6 Å². The third kappa shape index (κ3) is 5.27. The quantitative estimate of drug-likeness (QED) is 0.514. The summed E-state index contributed by atoms with van der Waals surface area (Å²) in [4.78, 5) is 5.95. The molecule has 0 amide bonds. The molecule has 2 aliphatic carbocycles. The van der Waals surface area contributed by atoms with Gasteiger partial charge in [0.25, 0.3) is 0 Å². The number of alkyl halides is 3. The summed E-state index contributed by atoms with van der Waals surface area (Å²) in [7, 11) is 3.79.